The topological polar surface area (TPSA) is 75.9 Å². The van der Waals surface area contributed by atoms with E-state index in [1.807, 2.05) is 35.9 Å². The first kappa shape index (κ1) is 23.1. The van der Waals surface area contributed by atoms with E-state index in [0.29, 0.717) is 11.1 Å². The molecule has 180 valence electrons. The van der Waals surface area contributed by atoms with E-state index >= 15 is 0 Å². The molecule has 1 saturated heterocycles. The molecule has 0 atom stereocenters. The molecule has 0 unspecified atom stereocenters. The summed E-state index contributed by atoms with van der Waals surface area (Å²) >= 11 is 6.08. The van der Waals surface area contributed by atoms with Gasteiger partial charge in [-0.3, -0.25) is 4.79 Å². The Kier molecular flexibility index (Phi) is 6.73. The van der Waals surface area contributed by atoms with Crippen LogP contribution in [-0.2, 0) is 4.79 Å². The third-order valence-electron chi connectivity index (χ3n) is 7.42. The molecule has 2 fully saturated rings. The SMILES string of the molecule is Cc1nnc(N2CCC(C(=O)NC3CCCCCC3)CC2)c2nn(-c3ccc(Cl)cc3)c(C)c12. The van der Waals surface area contributed by atoms with Gasteiger partial charge in [0.2, 0.25) is 5.91 Å². The first-order chi connectivity index (χ1) is 16.5. The molecule has 2 aliphatic rings. The molecule has 7 nitrogen and oxygen atoms in total. The number of aromatic nitrogens is 4. The predicted molar refractivity (Wildman–Crippen MR) is 136 cm³/mol. The van der Waals surface area contributed by atoms with Gasteiger partial charge in [-0.15, -0.1) is 5.10 Å². The van der Waals surface area contributed by atoms with Crippen LogP contribution in [0.1, 0.15) is 62.8 Å². The monoisotopic (exact) mass is 480 g/mol. The van der Waals surface area contributed by atoms with Crippen molar-refractivity contribution in [3.63, 3.8) is 0 Å². The minimum Gasteiger partial charge on any atom is -0.353 e. The summed E-state index contributed by atoms with van der Waals surface area (Å²) in [5.74, 6) is 1.11. The fourth-order valence-electron chi connectivity index (χ4n) is 5.45. The molecular formula is C26H33ClN6O. The zero-order chi connectivity index (χ0) is 23.7. The summed E-state index contributed by atoms with van der Waals surface area (Å²) in [4.78, 5) is 15.2. The molecule has 1 aliphatic carbocycles. The maximum Gasteiger partial charge on any atom is 0.223 e. The van der Waals surface area contributed by atoms with Gasteiger partial charge in [-0.25, -0.2) is 4.68 Å². The lowest BCUT2D eigenvalue weighted by atomic mass is 9.95. The Labute approximate surface area is 205 Å². The average Bonchev–Trinajstić information content (AvgIpc) is 3.01. The van der Waals surface area contributed by atoms with Crippen molar-refractivity contribution in [1.82, 2.24) is 25.3 Å². The Hall–Kier alpha value is -2.67. The number of piperidine rings is 1. The molecule has 0 radical (unpaired) electrons. The van der Waals surface area contributed by atoms with Crippen LogP contribution < -0.4 is 10.2 Å². The fourth-order valence-corrected chi connectivity index (χ4v) is 5.58. The maximum atomic E-state index is 12.9. The summed E-state index contributed by atoms with van der Waals surface area (Å²) < 4.78 is 1.94. The van der Waals surface area contributed by atoms with Crippen LogP contribution in [0.5, 0.6) is 0 Å². The molecule has 8 heteroatoms. The van der Waals surface area contributed by atoms with E-state index in [1.54, 1.807) is 0 Å². The summed E-state index contributed by atoms with van der Waals surface area (Å²) in [6.45, 7) is 5.60. The summed E-state index contributed by atoms with van der Waals surface area (Å²) in [5.41, 5.74) is 3.72. The molecule has 2 aromatic heterocycles. The summed E-state index contributed by atoms with van der Waals surface area (Å²) in [5, 5.41) is 19.0. The van der Waals surface area contributed by atoms with E-state index in [2.05, 4.69) is 27.3 Å². The van der Waals surface area contributed by atoms with Crippen LogP contribution >= 0.6 is 11.6 Å². The largest absolute Gasteiger partial charge is 0.353 e. The van der Waals surface area contributed by atoms with Crippen molar-refractivity contribution in [2.45, 2.75) is 71.3 Å². The average molecular weight is 481 g/mol. The first-order valence-electron chi connectivity index (χ1n) is 12.5. The summed E-state index contributed by atoms with van der Waals surface area (Å²) in [6, 6.07) is 8.04. The lowest BCUT2D eigenvalue weighted by Crippen LogP contribution is -2.44. The lowest BCUT2D eigenvalue weighted by Gasteiger charge is -2.32. The summed E-state index contributed by atoms with van der Waals surface area (Å²) in [6.07, 6.45) is 8.95. The van der Waals surface area contributed by atoms with Gasteiger partial charge >= 0.3 is 0 Å². The highest BCUT2D eigenvalue weighted by Gasteiger charge is 2.29. The molecule has 34 heavy (non-hydrogen) atoms. The number of halogens is 1. The van der Waals surface area contributed by atoms with Gasteiger partial charge in [0.25, 0.3) is 0 Å². The number of anilines is 1. The Morgan fingerprint density at radius 3 is 2.32 bits per heavy atom. The highest BCUT2D eigenvalue weighted by atomic mass is 35.5. The molecule has 1 aliphatic heterocycles. The molecule has 5 rings (SSSR count). The second kappa shape index (κ2) is 9.90. The van der Waals surface area contributed by atoms with Crippen LogP contribution in [0.25, 0.3) is 16.6 Å². The minimum absolute atomic E-state index is 0.0711. The number of hydrogen-bond donors (Lipinski definition) is 1. The Bertz CT molecular complexity index is 1160. The number of nitrogens with one attached hydrogen (secondary N) is 1. The number of carbonyl (C=O) groups excluding carboxylic acids is 1. The number of aryl methyl sites for hydroxylation is 2. The smallest absolute Gasteiger partial charge is 0.223 e. The molecule has 1 aromatic carbocycles. The molecule has 3 heterocycles. The molecule has 0 bridgehead atoms. The van der Waals surface area contributed by atoms with Crippen molar-refractivity contribution in [3.05, 3.63) is 40.7 Å². The van der Waals surface area contributed by atoms with Crippen LogP contribution in [0, 0.1) is 19.8 Å². The molecule has 0 spiro atoms. The zero-order valence-electron chi connectivity index (χ0n) is 20.1. The number of carbonyl (C=O) groups is 1. The normalized spacial score (nSPS) is 18.3. The van der Waals surface area contributed by atoms with Gasteiger partial charge in [0.1, 0.15) is 5.52 Å². The van der Waals surface area contributed by atoms with Gasteiger partial charge in [0.05, 0.1) is 22.5 Å². The number of benzene rings is 1. The van der Waals surface area contributed by atoms with Crippen molar-refractivity contribution in [2.24, 2.45) is 5.92 Å². The van der Waals surface area contributed by atoms with Crippen molar-refractivity contribution < 1.29 is 4.79 Å². The molecular weight excluding hydrogens is 448 g/mol. The highest BCUT2D eigenvalue weighted by molar-refractivity contribution is 6.30. The third-order valence-corrected chi connectivity index (χ3v) is 7.67. The quantitative estimate of drug-likeness (QED) is 0.523. The van der Waals surface area contributed by atoms with Crippen molar-refractivity contribution in [2.75, 3.05) is 18.0 Å². The lowest BCUT2D eigenvalue weighted by molar-refractivity contribution is -0.126. The van der Waals surface area contributed by atoms with Gasteiger partial charge in [-0.1, -0.05) is 37.3 Å². The fraction of sp³-hybridized carbons (Fsp3) is 0.538. The molecule has 1 N–H and O–H groups in total. The van der Waals surface area contributed by atoms with Crippen LogP contribution in [0.4, 0.5) is 5.82 Å². The number of fused-ring (bicyclic) bond motifs is 1. The van der Waals surface area contributed by atoms with Crippen molar-refractivity contribution >= 4 is 34.2 Å². The van der Waals surface area contributed by atoms with Gasteiger partial charge in [0.15, 0.2) is 5.82 Å². The molecule has 1 saturated carbocycles. The van der Waals surface area contributed by atoms with Crippen LogP contribution in [0.2, 0.25) is 5.02 Å². The van der Waals surface area contributed by atoms with Gasteiger partial charge in [-0.2, -0.15) is 10.2 Å². The Morgan fingerprint density at radius 1 is 0.971 bits per heavy atom. The van der Waals surface area contributed by atoms with Crippen LogP contribution in [-0.4, -0.2) is 45.0 Å². The van der Waals surface area contributed by atoms with Crippen LogP contribution in [0.3, 0.4) is 0 Å². The number of nitrogens with zero attached hydrogens (tertiary/aromatic N) is 5. The second-order valence-corrected chi connectivity index (χ2v) is 10.2. The number of hydrogen-bond acceptors (Lipinski definition) is 5. The van der Waals surface area contributed by atoms with E-state index in [1.165, 1.54) is 25.7 Å². The highest BCUT2D eigenvalue weighted by Crippen LogP contribution is 2.32. The van der Waals surface area contributed by atoms with Gasteiger partial charge in [-0.05, 0) is 63.8 Å². The standard InChI is InChI=1S/C26H33ClN6O/c1-17-23-18(2)33(22-11-9-20(27)10-12-22)31-24(23)25(30-29-17)32-15-13-19(14-16-32)26(34)28-21-7-5-3-4-6-8-21/h9-12,19,21H,3-8,13-16H2,1-2H3,(H,28,34). The minimum atomic E-state index is 0.0711. The van der Waals surface area contributed by atoms with Gasteiger partial charge < -0.3 is 10.2 Å². The predicted octanol–water partition coefficient (Wildman–Crippen LogP) is 5.14. The van der Waals surface area contributed by atoms with E-state index in [9.17, 15) is 4.79 Å². The van der Waals surface area contributed by atoms with Crippen molar-refractivity contribution in [1.29, 1.82) is 0 Å². The maximum absolute atomic E-state index is 12.9. The van der Waals surface area contributed by atoms with Crippen LogP contribution in [0.15, 0.2) is 24.3 Å². The Balaban J connectivity index is 1.33. The van der Waals surface area contributed by atoms with E-state index in [4.69, 9.17) is 16.7 Å². The second-order valence-electron chi connectivity index (χ2n) is 9.76. The Morgan fingerprint density at radius 2 is 1.65 bits per heavy atom. The zero-order valence-corrected chi connectivity index (χ0v) is 20.8. The third kappa shape index (κ3) is 4.63. The van der Waals surface area contributed by atoms with Gasteiger partial charge in [0, 0.05) is 30.1 Å². The first-order valence-corrected chi connectivity index (χ1v) is 12.9. The number of amides is 1. The van der Waals surface area contributed by atoms with E-state index in [0.717, 1.165) is 72.6 Å². The molecule has 3 aromatic rings. The molecule has 1 amide bonds. The van der Waals surface area contributed by atoms with E-state index in [-0.39, 0.29) is 11.8 Å². The summed E-state index contributed by atoms with van der Waals surface area (Å²) in [7, 11) is 0. The number of rotatable bonds is 4. The van der Waals surface area contributed by atoms with Crippen molar-refractivity contribution in [3.8, 4) is 5.69 Å². The van der Waals surface area contributed by atoms with E-state index < -0.39 is 0 Å².